The zero-order chi connectivity index (χ0) is 26.1. The molecule has 1 amide bonds. The fraction of sp³-hybridized carbons (Fsp3) is 0.250. The highest BCUT2D eigenvalue weighted by atomic mass is 32.2. The normalized spacial score (nSPS) is 13.7. The van der Waals surface area contributed by atoms with Crippen LogP contribution in [0.2, 0.25) is 0 Å². The van der Waals surface area contributed by atoms with Crippen molar-refractivity contribution in [1.29, 1.82) is 0 Å². The number of hydrogen-bond donors (Lipinski definition) is 3. The van der Waals surface area contributed by atoms with Gasteiger partial charge in [-0.2, -0.15) is 0 Å². The van der Waals surface area contributed by atoms with E-state index >= 15 is 0 Å². The molecular formula is C28H34N4O3S. The fourth-order valence-corrected chi connectivity index (χ4v) is 4.94. The van der Waals surface area contributed by atoms with Gasteiger partial charge < -0.3 is 16.0 Å². The highest BCUT2D eigenvalue weighted by molar-refractivity contribution is 7.92. The maximum Gasteiger partial charge on any atom is 0.258 e. The maximum atomic E-state index is 12.8. The Kier molecular flexibility index (Phi) is 9.27. The van der Waals surface area contributed by atoms with Gasteiger partial charge in [0.1, 0.15) is 0 Å². The molecule has 0 spiro atoms. The second kappa shape index (κ2) is 12.4. The first-order valence-electron chi connectivity index (χ1n) is 12.1. The molecule has 7 nitrogen and oxygen atoms in total. The lowest BCUT2D eigenvalue weighted by Gasteiger charge is -2.21. The smallest absolute Gasteiger partial charge is 0.258 e. The van der Waals surface area contributed by atoms with Gasteiger partial charge in [0, 0.05) is 23.5 Å². The number of anilines is 3. The molecule has 3 aromatic rings. The van der Waals surface area contributed by atoms with E-state index in [0.29, 0.717) is 23.5 Å². The first-order valence-corrected chi connectivity index (χ1v) is 13.9. The standard InChI is InChI=1S/C24H23N3O3S.C4H11N/c1-3-27(31(2,29)30)19-15-13-18(14-16-19)25-23(17-9-5-4-6-10-17)22-20-11-7-8-12-21(20)26-24(22)28;1-3-5-4-2/h4-16,25H,3H2,1-2H3,(H,26,28);5H,3-4H2,1-2H3. The molecule has 0 fully saturated rings. The summed E-state index contributed by atoms with van der Waals surface area (Å²) < 4.78 is 25.3. The van der Waals surface area contributed by atoms with Crippen molar-refractivity contribution in [1.82, 2.24) is 5.32 Å². The van der Waals surface area contributed by atoms with Crippen LogP contribution in [0.1, 0.15) is 31.9 Å². The molecule has 0 saturated carbocycles. The van der Waals surface area contributed by atoms with Gasteiger partial charge in [0.25, 0.3) is 5.91 Å². The van der Waals surface area contributed by atoms with Crippen molar-refractivity contribution in [3.8, 4) is 0 Å². The molecule has 4 rings (SSSR count). The summed E-state index contributed by atoms with van der Waals surface area (Å²) in [6.07, 6.45) is 1.19. The minimum absolute atomic E-state index is 0.168. The Bertz CT molecular complexity index is 1300. The summed E-state index contributed by atoms with van der Waals surface area (Å²) in [5, 5.41) is 9.41. The van der Waals surface area contributed by atoms with E-state index in [1.807, 2.05) is 66.7 Å². The Morgan fingerprint density at radius 2 is 1.47 bits per heavy atom. The molecule has 0 unspecified atom stereocenters. The molecule has 3 N–H and O–H groups in total. The third-order valence-corrected chi connectivity index (χ3v) is 6.87. The van der Waals surface area contributed by atoms with Crippen molar-refractivity contribution < 1.29 is 13.2 Å². The van der Waals surface area contributed by atoms with Crippen LogP contribution in [-0.2, 0) is 14.8 Å². The van der Waals surface area contributed by atoms with E-state index in [1.165, 1.54) is 10.6 Å². The topological polar surface area (TPSA) is 90.5 Å². The number of amides is 1. The van der Waals surface area contributed by atoms with Gasteiger partial charge in [-0.15, -0.1) is 0 Å². The predicted octanol–water partition coefficient (Wildman–Crippen LogP) is 5.02. The van der Waals surface area contributed by atoms with Gasteiger partial charge in [0.05, 0.1) is 23.2 Å². The number of nitrogens with one attached hydrogen (secondary N) is 3. The van der Waals surface area contributed by atoms with Crippen molar-refractivity contribution in [2.45, 2.75) is 20.8 Å². The second-order valence-electron chi connectivity index (χ2n) is 8.17. The third kappa shape index (κ3) is 6.53. The summed E-state index contributed by atoms with van der Waals surface area (Å²) >= 11 is 0. The second-order valence-corrected chi connectivity index (χ2v) is 10.1. The van der Waals surface area contributed by atoms with Crippen LogP contribution < -0.4 is 20.3 Å². The molecule has 3 aromatic carbocycles. The van der Waals surface area contributed by atoms with E-state index in [9.17, 15) is 13.2 Å². The zero-order valence-corrected chi connectivity index (χ0v) is 22.0. The van der Waals surface area contributed by atoms with Crippen LogP contribution in [0.25, 0.3) is 11.3 Å². The molecule has 0 aliphatic carbocycles. The summed E-state index contributed by atoms with van der Waals surface area (Å²) in [4.78, 5) is 12.8. The van der Waals surface area contributed by atoms with Crippen LogP contribution in [0.15, 0.2) is 78.9 Å². The molecule has 8 heteroatoms. The molecule has 0 atom stereocenters. The third-order valence-electron chi connectivity index (χ3n) is 5.60. The number of carbonyl (C=O) groups excluding carboxylic acids is 1. The van der Waals surface area contributed by atoms with Crippen LogP contribution in [0.4, 0.5) is 17.1 Å². The molecule has 190 valence electrons. The van der Waals surface area contributed by atoms with Crippen LogP contribution in [0, 0.1) is 0 Å². The summed E-state index contributed by atoms with van der Waals surface area (Å²) in [5.41, 5.74) is 5.08. The monoisotopic (exact) mass is 506 g/mol. The van der Waals surface area contributed by atoms with Crippen molar-refractivity contribution in [2.24, 2.45) is 0 Å². The number of hydrogen-bond acceptors (Lipinski definition) is 5. The first-order chi connectivity index (χ1) is 17.3. The summed E-state index contributed by atoms with van der Waals surface area (Å²) in [6, 6.07) is 24.4. The van der Waals surface area contributed by atoms with Gasteiger partial charge in [-0.25, -0.2) is 8.42 Å². The van der Waals surface area contributed by atoms with Gasteiger partial charge in [0.2, 0.25) is 10.0 Å². The van der Waals surface area contributed by atoms with Crippen LogP contribution in [0.5, 0.6) is 0 Å². The lowest BCUT2D eigenvalue weighted by atomic mass is 10.00. The van der Waals surface area contributed by atoms with Crippen LogP contribution in [0.3, 0.4) is 0 Å². The Morgan fingerprint density at radius 1 is 0.861 bits per heavy atom. The average molecular weight is 507 g/mol. The number of fused-ring (bicyclic) bond motifs is 1. The molecule has 1 aliphatic heterocycles. The number of para-hydroxylation sites is 1. The quantitative estimate of drug-likeness (QED) is 0.373. The maximum absolute atomic E-state index is 12.8. The molecule has 1 aliphatic rings. The highest BCUT2D eigenvalue weighted by Gasteiger charge is 2.28. The molecule has 0 bridgehead atoms. The molecule has 0 saturated heterocycles. The van der Waals surface area contributed by atoms with Crippen molar-refractivity contribution in [2.75, 3.05) is 40.8 Å². The number of nitrogens with zero attached hydrogens (tertiary/aromatic N) is 1. The van der Waals surface area contributed by atoms with Crippen LogP contribution >= 0.6 is 0 Å². The van der Waals surface area contributed by atoms with E-state index in [4.69, 9.17) is 0 Å². The Labute approximate surface area is 214 Å². The van der Waals surface area contributed by atoms with Crippen molar-refractivity contribution in [3.63, 3.8) is 0 Å². The fourth-order valence-electron chi connectivity index (χ4n) is 3.96. The summed E-state index contributed by atoms with van der Waals surface area (Å²) in [6.45, 7) is 8.53. The SMILES string of the molecule is CCN(c1ccc(NC(=C2C(=O)Nc3ccccc32)c2ccccc2)cc1)S(C)(=O)=O.CCNCC. The Morgan fingerprint density at radius 3 is 2.03 bits per heavy atom. The van der Waals surface area contributed by atoms with E-state index < -0.39 is 10.0 Å². The number of benzene rings is 3. The summed E-state index contributed by atoms with van der Waals surface area (Å²) in [5.74, 6) is -0.168. The molecule has 36 heavy (non-hydrogen) atoms. The van der Waals surface area contributed by atoms with Crippen molar-refractivity contribution in [3.05, 3.63) is 90.0 Å². The minimum atomic E-state index is -3.35. The summed E-state index contributed by atoms with van der Waals surface area (Å²) in [7, 11) is -3.35. The zero-order valence-electron chi connectivity index (χ0n) is 21.2. The number of rotatable bonds is 8. The predicted molar refractivity (Wildman–Crippen MR) is 150 cm³/mol. The average Bonchev–Trinajstić information content (AvgIpc) is 3.20. The highest BCUT2D eigenvalue weighted by Crippen LogP contribution is 2.37. The largest absolute Gasteiger partial charge is 0.354 e. The lowest BCUT2D eigenvalue weighted by molar-refractivity contribution is -0.110. The molecule has 0 aromatic heterocycles. The molecule has 0 radical (unpaired) electrons. The van der Waals surface area contributed by atoms with Gasteiger partial charge in [-0.05, 0) is 55.9 Å². The van der Waals surface area contributed by atoms with Crippen LogP contribution in [-0.4, -0.2) is 40.2 Å². The molecule has 1 heterocycles. The van der Waals surface area contributed by atoms with Crippen molar-refractivity contribution >= 4 is 44.3 Å². The van der Waals surface area contributed by atoms with E-state index in [2.05, 4.69) is 29.8 Å². The minimum Gasteiger partial charge on any atom is -0.354 e. The van der Waals surface area contributed by atoms with Gasteiger partial charge in [0.15, 0.2) is 0 Å². The van der Waals surface area contributed by atoms with Gasteiger partial charge >= 0.3 is 0 Å². The molecular weight excluding hydrogens is 472 g/mol. The van der Waals surface area contributed by atoms with E-state index in [1.54, 1.807) is 19.1 Å². The van der Waals surface area contributed by atoms with E-state index in [-0.39, 0.29) is 5.91 Å². The Hall–Kier alpha value is -3.62. The van der Waals surface area contributed by atoms with Gasteiger partial charge in [-0.3, -0.25) is 9.10 Å². The van der Waals surface area contributed by atoms with E-state index in [0.717, 1.165) is 35.6 Å². The Balaban J connectivity index is 0.000000658. The lowest BCUT2D eigenvalue weighted by Crippen LogP contribution is -2.29. The number of sulfonamides is 1. The van der Waals surface area contributed by atoms with Gasteiger partial charge in [-0.1, -0.05) is 62.4 Å². The first kappa shape index (κ1) is 27.0. The number of carbonyl (C=O) groups is 1.